The van der Waals surface area contributed by atoms with Gasteiger partial charge in [-0.15, -0.1) is 0 Å². The van der Waals surface area contributed by atoms with E-state index in [1.165, 1.54) is 6.07 Å². The van der Waals surface area contributed by atoms with Gasteiger partial charge >= 0.3 is 0 Å². The lowest BCUT2D eigenvalue weighted by molar-refractivity contribution is -0.123. The molecule has 2 nitrogen and oxygen atoms in total. The number of hydrogen-bond donors (Lipinski definition) is 0. The van der Waals surface area contributed by atoms with Crippen molar-refractivity contribution in [2.45, 2.75) is 26.3 Å². The van der Waals surface area contributed by atoms with Gasteiger partial charge in [-0.1, -0.05) is 6.92 Å². The molecular formula is C13H15F2NO. The number of halogens is 2. The third-order valence-corrected chi connectivity index (χ3v) is 3.54. The van der Waals surface area contributed by atoms with E-state index in [1.54, 1.807) is 4.90 Å². The van der Waals surface area contributed by atoms with Crippen LogP contribution in [0.15, 0.2) is 18.2 Å². The van der Waals surface area contributed by atoms with E-state index in [9.17, 15) is 13.6 Å². The molecule has 1 aromatic rings. The molecule has 0 N–H and O–H groups in total. The lowest BCUT2D eigenvalue weighted by atomic mass is 9.90. The van der Waals surface area contributed by atoms with E-state index in [2.05, 4.69) is 0 Å². The molecule has 0 radical (unpaired) electrons. The number of rotatable bonds is 1. The van der Waals surface area contributed by atoms with E-state index < -0.39 is 11.6 Å². The average molecular weight is 239 g/mol. The van der Waals surface area contributed by atoms with Crippen molar-refractivity contribution in [1.82, 2.24) is 0 Å². The van der Waals surface area contributed by atoms with Crippen LogP contribution in [0.4, 0.5) is 14.5 Å². The molecule has 1 fully saturated rings. The highest BCUT2D eigenvalue weighted by atomic mass is 19.1. The van der Waals surface area contributed by atoms with Gasteiger partial charge in [0.15, 0.2) is 0 Å². The summed E-state index contributed by atoms with van der Waals surface area (Å²) in [5, 5.41) is 0. The Hall–Kier alpha value is -1.45. The summed E-state index contributed by atoms with van der Waals surface area (Å²) in [6, 6.07) is 3.31. The zero-order valence-electron chi connectivity index (χ0n) is 9.91. The van der Waals surface area contributed by atoms with Gasteiger partial charge in [0.1, 0.15) is 17.4 Å². The minimum Gasteiger partial charge on any atom is -0.365 e. The lowest BCUT2D eigenvalue weighted by Gasteiger charge is -2.38. The quantitative estimate of drug-likeness (QED) is 0.751. The van der Waals surface area contributed by atoms with Crippen molar-refractivity contribution >= 4 is 11.5 Å². The molecule has 4 heteroatoms. The van der Waals surface area contributed by atoms with Crippen molar-refractivity contribution in [3.8, 4) is 0 Å². The van der Waals surface area contributed by atoms with E-state index in [1.807, 2.05) is 13.8 Å². The number of carbonyl (C=O) groups excluding carboxylic acids is 1. The largest absolute Gasteiger partial charge is 0.365 e. The lowest BCUT2D eigenvalue weighted by Crippen LogP contribution is -2.47. The summed E-state index contributed by atoms with van der Waals surface area (Å²) in [6.07, 6.45) is 0.390. The highest BCUT2D eigenvalue weighted by Crippen LogP contribution is 2.29. The van der Waals surface area contributed by atoms with Crippen molar-refractivity contribution in [1.29, 1.82) is 0 Å². The molecule has 2 unspecified atom stereocenters. The Kier molecular flexibility index (Phi) is 3.13. The number of carbonyl (C=O) groups is 1. The van der Waals surface area contributed by atoms with E-state index in [4.69, 9.17) is 0 Å². The monoisotopic (exact) mass is 239 g/mol. The molecule has 1 aliphatic rings. The van der Waals surface area contributed by atoms with Crippen LogP contribution in [0.5, 0.6) is 0 Å². The van der Waals surface area contributed by atoms with Gasteiger partial charge < -0.3 is 4.90 Å². The molecule has 2 rings (SSSR count). The summed E-state index contributed by atoms with van der Waals surface area (Å²) in [7, 11) is 0. The maximum atomic E-state index is 13.7. The van der Waals surface area contributed by atoms with Crippen molar-refractivity contribution < 1.29 is 13.6 Å². The van der Waals surface area contributed by atoms with Crippen LogP contribution in [0.1, 0.15) is 20.3 Å². The fraction of sp³-hybridized carbons (Fsp3) is 0.462. The van der Waals surface area contributed by atoms with Crippen molar-refractivity contribution in [3.05, 3.63) is 29.8 Å². The highest BCUT2D eigenvalue weighted by Gasteiger charge is 2.32. The van der Waals surface area contributed by atoms with Crippen LogP contribution < -0.4 is 4.90 Å². The minimum atomic E-state index is -0.460. The van der Waals surface area contributed by atoms with E-state index in [-0.39, 0.29) is 23.4 Å². The van der Waals surface area contributed by atoms with Crippen molar-refractivity contribution in [2.75, 3.05) is 11.4 Å². The fourth-order valence-corrected chi connectivity index (χ4v) is 2.25. The molecule has 2 atom stereocenters. The van der Waals surface area contributed by atoms with Gasteiger partial charge in [0.25, 0.3) is 0 Å². The predicted molar refractivity (Wildman–Crippen MR) is 62.0 cm³/mol. The Balaban J connectivity index is 2.33. The SMILES string of the molecule is CC1C(=O)CCN(c2cc(F)ccc2F)C1C. The van der Waals surface area contributed by atoms with Gasteiger partial charge in [-0.3, -0.25) is 4.79 Å². The summed E-state index contributed by atoms with van der Waals surface area (Å²) < 4.78 is 26.8. The Bertz CT molecular complexity index is 447. The Labute approximate surface area is 99.2 Å². The highest BCUT2D eigenvalue weighted by molar-refractivity contribution is 5.84. The van der Waals surface area contributed by atoms with Gasteiger partial charge in [0.05, 0.1) is 5.69 Å². The zero-order valence-corrected chi connectivity index (χ0v) is 9.91. The number of piperidine rings is 1. The molecule has 0 spiro atoms. The van der Waals surface area contributed by atoms with Gasteiger partial charge in [-0.25, -0.2) is 8.78 Å². The second-order valence-electron chi connectivity index (χ2n) is 4.53. The topological polar surface area (TPSA) is 20.3 Å². The standard InChI is InChI=1S/C13H15F2NO/c1-8-9(2)16(6-5-13(8)17)12-7-10(14)3-4-11(12)15/h3-4,7-9H,5-6H2,1-2H3. The molecule has 1 heterocycles. The first-order chi connectivity index (χ1) is 8.00. The molecule has 92 valence electrons. The van der Waals surface area contributed by atoms with Gasteiger partial charge in [0.2, 0.25) is 0 Å². The van der Waals surface area contributed by atoms with E-state index in [0.717, 1.165) is 12.1 Å². The summed E-state index contributed by atoms with van der Waals surface area (Å²) >= 11 is 0. The smallest absolute Gasteiger partial charge is 0.146 e. The number of hydrogen-bond acceptors (Lipinski definition) is 2. The molecule has 0 amide bonds. The van der Waals surface area contributed by atoms with Crippen LogP contribution in [-0.4, -0.2) is 18.4 Å². The Morgan fingerprint density at radius 3 is 2.71 bits per heavy atom. The summed E-state index contributed by atoms with van der Waals surface area (Å²) in [5.74, 6) is -0.866. The first-order valence-corrected chi connectivity index (χ1v) is 5.75. The van der Waals surface area contributed by atoms with Crippen LogP contribution in [0, 0.1) is 17.6 Å². The van der Waals surface area contributed by atoms with Crippen LogP contribution in [0.25, 0.3) is 0 Å². The summed E-state index contributed by atoms with van der Waals surface area (Å²) in [6.45, 7) is 4.15. The summed E-state index contributed by atoms with van der Waals surface area (Å²) in [4.78, 5) is 13.3. The van der Waals surface area contributed by atoms with E-state index >= 15 is 0 Å². The van der Waals surface area contributed by atoms with Crippen molar-refractivity contribution in [2.24, 2.45) is 5.92 Å². The summed E-state index contributed by atoms with van der Waals surface area (Å²) in [5.41, 5.74) is 0.247. The Morgan fingerprint density at radius 1 is 1.29 bits per heavy atom. The number of Topliss-reactive ketones (excluding diaryl/α,β-unsaturated/α-hetero) is 1. The van der Waals surface area contributed by atoms with Crippen LogP contribution in [0.3, 0.4) is 0 Å². The Morgan fingerprint density at radius 2 is 2.00 bits per heavy atom. The second-order valence-corrected chi connectivity index (χ2v) is 4.53. The number of benzene rings is 1. The first kappa shape index (κ1) is 12.0. The molecule has 1 aliphatic heterocycles. The minimum absolute atomic E-state index is 0.104. The maximum absolute atomic E-state index is 13.7. The molecule has 1 aromatic carbocycles. The first-order valence-electron chi connectivity index (χ1n) is 5.75. The molecule has 0 saturated carbocycles. The van der Waals surface area contributed by atoms with E-state index in [0.29, 0.717) is 13.0 Å². The van der Waals surface area contributed by atoms with Crippen LogP contribution in [-0.2, 0) is 4.79 Å². The number of nitrogens with zero attached hydrogens (tertiary/aromatic N) is 1. The van der Waals surface area contributed by atoms with Gasteiger partial charge in [-0.05, 0) is 19.1 Å². The molecule has 0 aliphatic carbocycles. The maximum Gasteiger partial charge on any atom is 0.146 e. The number of ketones is 1. The third-order valence-electron chi connectivity index (χ3n) is 3.54. The molecular weight excluding hydrogens is 224 g/mol. The van der Waals surface area contributed by atoms with Crippen LogP contribution in [0.2, 0.25) is 0 Å². The third kappa shape index (κ3) is 2.16. The molecule has 17 heavy (non-hydrogen) atoms. The normalized spacial score (nSPS) is 25.2. The second kappa shape index (κ2) is 4.43. The van der Waals surface area contributed by atoms with Crippen LogP contribution >= 0.6 is 0 Å². The average Bonchev–Trinajstić information content (AvgIpc) is 2.30. The van der Waals surface area contributed by atoms with Crippen molar-refractivity contribution in [3.63, 3.8) is 0 Å². The zero-order chi connectivity index (χ0) is 12.6. The molecule has 0 aromatic heterocycles. The molecule has 1 saturated heterocycles. The number of anilines is 1. The molecule has 0 bridgehead atoms. The van der Waals surface area contributed by atoms with Gasteiger partial charge in [0, 0.05) is 31.0 Å². The predicted octanol–water partition coefficient (Wildman–Crippen LogP) is 2.77. The van der Waals surface area contributed by atoms with Gasteiger partial charge in [-0.2, -0.15) is 0 Å². The fourth-order valence-electron chi connectivity index (χ4n) is 2.25.